The molecule has 0 saturated carbocycles. The van der Waals surface area contributed by atoms with Crippen LogP contribution in [0.15, 0.2) is 30.6 Å². The fraction of sp³-hybridized carbons (Fsp3) is 0.357. The Balaban J connectivity index is 2.20. The first-order chi connectivity index (χ1) is 9.20. The van der Waals surface area contributed by atoms with Gasteiger partial charge in [-0.15, -0.1) is 0 Å². The lowest BCUT2D eigenvalue weighted by Crippen LogP contribution is -2.24. The van der Waals surface area contributed by atoms with E-state index in [1.165, 1.54) is 12.1 Å². The van der Waals surface area contributed by atoms with Crippen molar-refractivity contribution >= 4 is 11.6 Å². The van der Waals surface area contributed by atoms with Gasteiger partial charge in [0.05, 0.1) is 0 Å². The zero-order chi connectivity index (χ0) is 13.7. The molecule has 0 saturated heterocycles. The van der Waals surface area contributed by atoms with Gasteiger partial charge in [0.2, 0.25) is 0 Å². The number of benzene rings is 1. The van der Waals surface area contributed by atoms with Crippen LogP contribution in [0.2, 0.25) is 5.02 Å². The van der Waals surface area contributed by atoms with Crippen molar-refractivity contribution in [3.8, 4) is 0 Å². The van der Waals surface area contributed by atoms with E-state index in [1.807, 2.05) is 0 Å². The summed E-state index contributed by atoms with van der Waals surface area (Å²) < 4.78 is 13.1. The normalized spacial score (nSPS) is 12.6. The summed E-state index contributed by atoms with van der Waals surface area (Å²) >= 11 is 6.13. The highest BCUT2D eigenvalue weighted by Crippen LogP contribution is 2.26. The second kappa shape index (κ2) is 6.68. The maximum Gasteiger partial charge on any atom is 0.124 e. The minimum absolute atomic E-state index is 0.0270. The Bertz CT molecular complexity index is 513. The number of rotatable bonds is 6. The van der Waals surface area contributed by atoms with Gasteiger partial charge in [-0.25, -0.2) is 9.37 Å². The number of hydrogen-bond acceptors (Lipinski definition) is 2. The number of halogens is 2. The van der Waals surface area contributed by atoms with Crippen molar-refractivity contribution in [1.29, 1.82) is 0 Å². The van der Waals surface area contributed by atoms with Crippen LogP contribution in [0.3, 0.4) is 0 Å². The molecule has 1 atom stereocenters. The second-order valence-electron chi connectivity index (χ2n) is 4.41. The van der Waals surface area contributed by atoms with Crippen LogP contribution in [0.25, 0.3) is 0 Å². The Morgan fingerprint density at radius 2 is 2.32 bits per heavy atom. The summed E-state index contributed by atoms with van der Waals surface area (Å²) in [6.45, 7) is 2.97. The van der Waals surface area contributed by atoms with Crippen LogP contribution in [0.1, 0.15) is 30.8 Å². The second-order valence-corrected chi connectivity index (χ2v) is 4.82. The third-order valence-electron chi connectivity index (χ3n) is 2.93. The molecule has 1 aromatic carbocycles. The molecule has 5 heteroatoms. The summed E-state index contributed by atoms with van der Waals surface area (Å²) in [7, 11) is 0. The zero-order valence-electron chi connectivity index (χ0n) is 10.8. The molecule has 0 amide bonds. The van der Waals surface area contributed by atoms with Crippen molar-refractivity contribution in [2.75, 3.05) is 6.54 Å². The zero-order valence-corrected chi connectivity index (χ0v) is 11.5. The minimum atomic E-state index is -0.319. The fourth-order valence-electron chi connectivity index (χ4n) is 2.00. The van der Waals surface area contributed by atoms with Gasteiger partial charge < -0.3 is 10.3 Å². The summed E-state index contributed by atoms with van der Waals surface area (Å²) in [6, 6.07) is 4.54. The van der Waals surface area contributed by atoms with Crippen LogP contribution in [0, 0.1) is 5.82 Å². The molecular weight excluding hydrogens is 265 g/mol. The highest BCUT2D eigenvalue weighted by atomic mass is 35.5. The molecule has 1 heterocycles. The lowest BCUT2D eigenvalue weighted by molar-refractivity contribution is 0.519. The van der Waals surface area contributed by atoms with Crippen LogP contribution in [-0.2, 0) is 6.42 Å². The Hall–Kier alpha value is -1.39. The highest BCUT2D eigenvalue weighted by molar-refractivity contribution is 6.31. The molecule has 1 aromatic heterocycles. The average Bonchev–Trinajstić information content (AvgIpc) is 2.88. The Morgan fingerprint density at radius 1 is 1.47 bits per heavy atom. The van der Waals surface area contributed by atoms with Crippen LogP contribution in [0.5, 0.6) is 0 Å². The van der Waals surface area contributed by atoms with E-state index in [2.05, 4.69) is 22.2 Å². The van der Waals surface area contributed by atoms with Gasteiger partial charge in [-0.05, 0) is 30.7 Å². The van der Waals surface area contributed by atoms with Crippen LogP contribution < -0.4 is 5.32 Å². The molecule has 2 N–H and O–H groups in total. The summed E-state index contributed by atoms with van der Waals surface area (Å²) in [6.07, 6.45) is 5.22. The molecule has 102 valence electrons. The maximum absolute atomic E-state index is 13.1. The van der Waals surface area contributed by atoms with Gasteiger partial charge in [-0.3, -0.25) is 0 Å². The largest absolute Gasteiger partial charge is 0.349 e. The van der Waals surface area contributed by atoms with E-state index < -0.39 is 0 Å². The van der Waals surface area contributed by atoms with Crippen molar-refractivity contribution < 1.29 is 4.39 Å². The number of nitrogens with zero attached hydrogens (tertiary/aromatic N) is 1. The number of aromatic amines is 1. The summed E-state index contributed by atoms with van der Waals surface area (Å²) in [5.74, 6) is 0.565. The first-order valence-corrected chi connectivity index (χ1v) is 6.75. The van der Waals surface area contributed by atoms with Crippen LogP contribution in [0.4, 0.5) is 4.39 Å². The summed E-state index contributed by atoms with van der Waals surface area (Å²) in [5, 5.41) is 3.86. The van der Waals surface area contributed by atoms with Gasteiger partial charge in [0.25, 0.3) is 0 Å². The number of H-pyrrole nitrogens is 1. The predicted molar refractivity (Wildman–Crippen MR) is 74.7 cm³/mol. The molecule has 0 spiro atoms. The molecule has 0 aliphatic rings. The molecule has 0 bridgehead atoms. The molecule has 3 nitrogen and oxygen atoms in total. The Kier molecular flexibility index (Phi) is 4.93. The molecule has 2 aromatic rings. The number of hydrogen-bond donors (Lipinski definition) is 2. The quantitative estimate of drug-likeness (QED) is 0.851. The SMILES string of the molecule is CCCNC(Cc1ncc[nH]1)c1ccc(F)cc1Cl. The number of aromatic nitrogens is 2. The van der Waals surface area contributed by atoms with E-state index in [-0.39, 0.29) is 11.9 Å². The molecule has 0 aliphatic heterocycles. The molecule has 0 radical (unpaired) electrons. The topological polar surface area (TPSA) is 40.7 Å². The van der Waals surface area contributed by atoms with Gasteiger partial charge in [-0.1, -0.05) is 24.6 Å². The molecule has 2 rings (SSSR count). The van der Waals surface area contributed by atoms with Crippen LogP contribution >= 0.6 is 11.6 Å². The molecule has 19 heavy (non-hydrogen) atoms. The van der Waals surface area contributed by atoms with Gasteiger partial charge in [0, 0.05) is 29.9 Å². The smallest absolute Gasteiger partial charge is 0.124 e. The van der Waals surface area contributed by atoms with Crippen LogP contribution in [-0.4, -0.2) is 16.5 Å². The van der Waals surface area contributed by atoms with Crippen molar-refractivity contribution in [3.05, 3.63) is 52.8 Å². The monoisotopic (exact) mass is 281 g/mol. The Labute approximate surface area is 117 Å². The van der Waals surface area contributed by atoms with Crippen molar-refractivity contribution in [2.45, 2.75) is 25.8 Å². The molecular formula is C14H17ClFN3. The van der Waals surface area contributed by atoms with Crippen molar-refractivity contribution in [1.82, 2.24) is 15.3 Å². The molecule has 0 aliphatic carbocycles. The fourth-order valence-corrected chi connectivity index (χ4v) is 2.30. The van der Waals surface area contributed by atoms with E-state index in [0.717, 1.165) is 24.4 Å². The Morgan fingerprint density at radius 3 is 2.95 bits per heavy atom. The predicted octanol–water partition coefficient (Wildman–Crippen LogP) is 3.49. The molecule has 0 fully saturated rings. The minimum Gasteiger partial charge on any atom is -0.349 e. The van der Waals surface area contributed by atoms with Crippen molar-refractivity contribution in [2.24, 2.45) is 0 Å². The van der Waals surface area contributed by atoms with E-state index in [1.54, 1.807) is 18.5 Å². The number of nitrogens with one attached hydrogen (secondary N) is 2. The van der Waals surface area contributed by atoms with E-state index in [4.69, 9.17) is 11.6 Å². The third kappa shape index (κ3) is 3.78. The standard InChI is InChI=1S/C14H17ClFN3/c1-2-5-17-13(9-14-18-6-7-19-14)11-4-3-10(16)8-12(11)15/h3-4,6-8,13,17H,2,5,9H2,1H3,(H,18,19). The van der Waals surface area contributed by atoms with Gasteiger partial charge >= 0.3 is 0 Å². The van der Waals surface area contributed by atoms with E-state index in [9.17, 15) is 4.39 Å². The first-order valence-electron chi connectivity index (χ1n) is 6.37. The summed E-state index contributed by atoms with van der Waals surface area (Å²) in [5.41, 5.74) is 0.896. The average molecular weight is 282 g/mol. The van der Waals surface area contributed by atoms with Gasteiger partial charge in [-0.2, -0.15) is 0 Å². The van der Waals surface area contributed by atoms with E-state index >= 15 is 0 Å². The number of imidazole rings is 1. The van der Waals surface area contributed by atoms with Crippen molar-refractivity contribution in [3.63, 3.8) is 0 Å². The lowest BCUT2D eigenvalue weighted by Gasteiger charge is -2.19. The van der Waals surface area contributed by atoms with E-state index in [0.29, 0.717) is 11.4 Å². The maximum atomic E-state index is 13.1. The first kappa shape index (κ1) is 14.0. The third-order valence-corrected chi connectivity index (χ3v) is 3.26. The molecule has 1 unspecified atom stereocenters. The highest BCUT2D eigenvalue weighted by Gasteiger charge is 2.16. The summed E-state index contributed by atoms with van der Waals surface area (Å²) in [4.78, 5) is 7.30. The lowest BCUT2D eigenvalue weighted by atomic mass is 10.0. The van der Waals surface area contributed by atoms with Gasteiger partial charge in [0.1, 0.15) is 11.6 Å². The van der Waals surface area contributed by atoms with Gasteiger partial charge in [0.15, 0.2) is 0 Å².